The number of ether oxygens (including phenoxy) is 1. The zero-order chi connectivity index (χ0) is 20.7. The Hall–Kier alpha value is -2.35. The van der Waals surface area contributed by atoms with Crippen molar-refractivity contribution in [3.63, 3.8) is 0 Å². The van der Waals surface area contributed by atoms with Gasteiger partial charge in [0.2, 0.25) is 5.43 Å². The van der Waals surface area contributed by atoms with E-state index in [9.17, 15) is 9.90 Å². The molecule has 0 bridgehead atoms. The molecule has 4 rings (SSSR count). The summed E-state index contributed by atoms with van der Waals surface area (Å²) in [6, 6.07) is 7.57. The second-order valence-electron chi connectivity index (χ2n) is 7.81. The summed E-state index contributed by atoms with van der Waals surface area (Å²) in [6.07, 6.45) is 0.548. The van der Waals surface area contributed by atoms with E-state index in [2.05, 4.69) is 20.1 Å². The van der Waals surface area contributed by atoms with Crippen LogP contribution in [-0.4, -0.2) is 50.5 Å². The Morgan fingerprint density at radius 1 is 1.31 bits per heavy atom. The number of nitrogens with zero attached hydrogens (tertiary/aromatic N) is 2. The lowest BCUT2D eigenvalue weighted by Gasteiger charge is -2.40. The fraction of sp³-hybridized carbons (Fsp3) is 0.429. The second kappa shape index (κ2) is 7.82. The molecule has 1 fully saturated rings. The highest BCUT2D eigenvalue weighted by molar-refractivity contribution is 6.31. The molecule has 0 spiro atoms. The number of aryl methyl sites for hydroxylation is 1. The minimum atomic E-state index is -0.415. The van der Waals surface area contributed by atoms with Crippen LogP contribution in [0, 0.1) is 6.92 Å². The number of H-pyrrole nitrogens is 2. The molecule has 0 aliphatic carbocycles. The highest BCUT2D eigenvalue weighted by atomic mass is 35.5. The third-order valence-electron chi connectivity index (χ3n) is 5.49. The molecule has 0 saturated carbocycles. The van der Waals surface area contributed by atoms with Crippen molar-refractivity contribution in [2.75, 3.05) is 13.1 Å². The van der Waals surface area contributed by atoms with Crippen molar-refractivity contribution in [1.82, 2.24) is 20.1 Å². The van der Waals surface area contributed by atoms with Crippen LogP contribution < -0.4 is 5.43 Å². The van der Waals surface area contributed by atoms with Crippen molar-refractivity contribution in [2.45, 2.75) is 45.4 Å². The van der Waals surface area contributed by atoms with Crippen LogP contribution in [0.1, 0.15) is 36.8 Å². The first-order chi connectivity index (χ1) is 13.8. The van der Waals surface area contributed by atoms with Gasteiger partial charge in [-0.05, 0) is 32.4 Å². The number of fused-ring (bicyclic) bond motifs is 1. The van der Waals surface area contributed by atoms with Crippen LogP contribution in [-0.2, 0) is 11.2 Å². The normalized spacial score (nSPS) is 21.5. The molecular weight excluding hydrogens is 392 g/mol. The number of hydrogen-bond acceptors (Lipinski definition) is 5. The van der Waals surface area contributed by atoms with Crippen LogP contribution in [0.4, 0.5) is 0 Å². The molecule has 0 amide bonds. The molecule has 1 saturated heterocycles. The van der Waals surface area contributed by atoms with Gasteiger partial charge in [-0.1, -0.05) is 29.8 Å². The van der Waals surface area contributed by atoms with Crippen LogP contribution in [0.2, 0.25) is 5.02 Å². The van der Waals surface area contributed by atoms with E-state index in [1.807, 2.05) is 38.1 Å². The number of hydrogen-bond donors (Lipinski definition) is 3. The van der Waals surface area contributed by atoms with E-state index in [0.717, 1.165) is 18.7 Å². The number of pyridine rings is 1. The standard InChI is InChI=1S/C21H25ClN4O3/c1-11-9-26(10-12(2)29-11)17(14-6-4-5-7-15(14)22)8-16-19(27)20(28)18-13(3)24-25-21(18)23-16/h4-7,11-12,17,27H,8-10H2,1-3H3,(H2,23,24,25,28)/t11-,12+,17?. The minimum Gasteiger partial charge on any atom is -0.503 e. The molecule has 3 heterocycles. The number of aromatic amines is 2. The summed E-state index contributed by atoms with van der Waals surface area (Å²) in [7, 11) is 0. The third-order valence-corrected chi connectivity index (χ3v) is 5.84. The van der Waals surface area contributed by atoms with Gasteiger partial charge in [0.1, 0.15) is 0 Å². The first-order valence-electron chi connectivity index (χ1n) is 9.78. The predicted octanol–water partition coefficient (Wildman–Crippen LogP) is 3.31. The molecule has 1 aliphatic heterocycles. The maximum Gasteiger partial charge on any atom is 0.234 e. The van der Waals surface area contributed by atoms with Crippen LogP contribution >= 0.6 is 11.6 Å². The molecule has 7 nitrogen and oxygen atoms in total. The average molecular weight is 417 g/mol. The van der Waals surface area contributed by atoms with Gasteiger partial charge in [-0.2, -0.15) is 5.10 Å². The molecule has 3 atom stereocenters. The fourth-order valence-corrected chi connectivity index (χ4v) is 4.51. The lowest BCUT2D eigenvalue weighted by atomic mass is 9.97. The molecule has 8 heteroatoms. The SMILES string of the molecule is Cc1[nH]nc2[nH]c(CC(c3ccccc3Cl)N3C[C@@H](C)O[C@@H](C)C3)c(O)c(=O)c12. The first-order valence-corrected chi connectivity index (χ1v) is 10.2. The van der Waals surface area contributed by atoms with E-state index >= 15 is 0 Å². The molecule has 1 unspecified atom stereocenters. The number of morpholine rings is 1. The smallest absolute Gasteiger partial charge is 0.234 e. The summed E-state index contributed by atoms with van der Waals surface area (Å²) < 4.78 is 5.89. The first kappa shape index (κ1) is 19.9. The molecule has 2 aromatic heterocycles. The largest absolute Gasteiger partial charge is 0.503 e. The number of aromatic nitrogens is 3. The Morgan fingerprint density at radius 2 is 2.00 bits per heavy atom. The van der Waals surface area contributed by atoms with Gasteiger partial charge in [-0.25, -0.2) is 0 Å². The molecule has 3 N–H and O–H groups in total. The number of rotatable bonds is 4. The summed E-state index contributed by atoms with van der Waals surface area (Å²) in [5.74, 6) is -0.270. The van der Waals surface area contributed by atoms with Crippen LogP contribution in [0.5, 0.6) is 5.75 Å². The van der Waals surface area contributed by atoms with Crippen molar-refractivity contribution in [3.8, 4) is 5.75 Å². The minimum absolute atomic E-state index is 0.0767. The Bertz CT molecular complexity index is 1080. The van der Waals surface area contributed by atoms with Crippen LogP contribution in [0.25, 0.3) is 11.0 Å². The molecular formula is C21H25ClN4O3. The Kier molecular flexibility index (Phi) is 5.38. The Labute approximate surface area is 173 Å². The lowest BCUT2D eigenvalue weighted by molar-refractivity contribution is -0.0810. The lowest BCUT2D eigenvalue weighted by Crippen LogP contribution is -2.47. The highest BCUT2D eigenvalue weighted by Gasteiger charge is 2.31. The average Bonchev–Trinajstić information content (AvgIpc) is 3.04. The topological polar surface area (TPSA) is 94.2 Å². The van der Waals surface area contributed by atoms with Gasteiger partial charge in [0.15, 0.2) is 11.4 Å². The van der Waals surface area contributed by atoms with Crippen molar-refractivity contribution >= 4 is 22.6 Å². The zero-order valence-electron chi connectivity index (χ0n) is 16.7. The fourth-order valence-electron chi connectivity index (χ4n) is 4.25. The number of nitrogens with one attached hydrogen (secondary N) is 2. The van der Waals surface area contributed by atoms with E-state index in [-0.39, 0.29) is 24.0 Å². The van der Waals surface area contributed by atoms with E-state index in [1.165, 1.54) is 0 Å². The van der Waals surface area contributed by atoms with Gasteiger partial charge in [-0.3, -0.25) is 14.8 Å². The van der Waals surface area contributed by atoms with Crippen molar-refractivity contribution in [3.05, 3.63) is 56.5 Å². The van der Waals surface area contributed by atoms with Crippen LogP contribution in [0.15, 0.2) is 29.1 Å². The molecule has 154 valence electrons. The van der Waals surface area contributed by atoms with E-state index in [0.29, 0.717) is 33.9 Å². The molecule has 3 aromatic rings. The summed E-state index contributed by atoms with van der Waals surface area (Å²) in [4.78, 5) is 18.2. The van der Waals surface area contributed by atoms with Gasteiger partial charge in [-0.15, -0.1) is 0 Å². The van der Waals surface area contributed by atoms with Crippen molar-refractivity contribution in [2.24, 2.45) is 0 Å². The van der Waals surface area contributed by atoms with Gasteiger partial charge in [0, 0.05) is 36.3 Å². The maximum atomic E-state index is 12.7. The monoisotopic (exact) mass is 416 g/mol. The molecule has 29 heavy (non-hydrogen) atoms. The molecule has 1 aliphatic rings. The summed E-state index contributed by atoms with van der Waals surface area (Å²) in [5, 5.41) is 18.6. The summed E-state index contributed by atoms with van der Waals surface area (Å²) >= 11 is 6.54. The number of halogens is 1. The quantitative estimate of drug-likeness (QED) is 0.606. The molecule has 0 radical (unpaired) electrons. The summed E-state index contributed by atoms with van der Waals surface area (Å²) in [6.45, 7) is 7.31. The zero-order valence-corrected chi connectivity index (χ0v) is 17.5. The van der Waals surface area contributed by atoms with Gasteiger partial charge in [0.25, 0.3) is 0 Å². The summed E-state index contributed by atoms with van der Waals surface area (Å²) in [5.41, 5.74) is 2.06. The van der Waals surface area contributed by atoms with Gasteiger partial charge < -0.3 is 14.8 Å². The Balaban J connectivity index is 1.78. The highest BCUT2D eigenvalue weighted by Crippen LogP contribution is 2.34. The van der Waals surface area contributed by atoms with Crippen LogP contribution in [0.3, 0.4) is 0 Å². The Morgan fingerprint density at radius 3 is 2.69 bits per heavy atom. The number of benzene rings is 1. The molecule has 1 aromatic carbocycles. The van der Waals surface area contributed by atoms with E-state index in [1.54, 1.807) is 6.92 Å². The number of aromatic hydroxyl groups is 1. The maximum absolute atomic E-state index is 12.7. The van der Waals surface area contributed by atoms with Crippen molar-refractivity contribution < 1.29 is 9.84 Å². The van der Waals surface area contributed by atoms with Crippen molar-refractivity contribution in [1.29, 1.82) is 0 Å². The second-order valence-corrected chi connectivity index (χ2v) is 8.21. The third kappa shape index (κ3) is 3.77. The van der Waals surface area contributed by atoms with E-state index in [4.69, 9.17) is 16.3 Å². The van der Waals surface area contributed by atoms with Gasteiger partial charge >= 0.3 is 0 Å². The van der Waals surface area contributed by atoms with Gasteiger partial charge in [0.05, 0.1) is 23.3 Å². The van der Waals surface area contributed by atoms with E-state index < -0.39 is 5.43 Å². The predicted molar refractivity (Wildman–Crippen MR) is 113 cm³/mol.